The minimum atomic E-state index is 0.598. The second-order valence-electron chi connectivity index (χ2n) is 3.90. The van der Waals surface area contributed by atoms with Crippen LogP contribution >= 0.6 is 0 Å². The Kier molecular flexibility index (Phi) is 3.02. The van der Waals surface area contributed by atoms with Crippen molar-refractivity contribution in [3.8, 4) is 17.2 Å². The lowest BCUT2D eigenvalue weighted by molar-refractivity contribution is 0.112. The van der Waals surface area contributed by atoms with Crippen molar-refractivity contribution in [2.75, 3.05) is 0 Å². The predicted octanol–water partition coefficient (Wildman–Crippen LogP) is 3.35. The minimum absolute atomic E-state index is 0.598. The van der Waals surface area contributed by atoms with Gasteiger partial charge in [-0.2, -0.15) is 5.26 Å². The molecule has 0 aliphatic rings. The highest BCUT2D eigenvalue weighted by molar-refractivity contribution is 5.88. The maximum Gasteiger partial charge on any atom is 0.150 e. The maximum absolute atomic E-state index is 11.0. The van der Waals surface area contributed by atoms with Crippen LogP contribution in [0.5, 0.6) is 0 Å². The lowest BCUT2D eigenvalue weighted by Crippen LogP contribution is -1.89. The van der Waals surface area contributed by atoms with Gasteiger partial charge < -0.3 is 0 Å². The first-order valence-electron chi connectivity index (χ1n) is 5.31. The van der Waals surface area contributed by atoms with E-state index >= 15 is 0 Å². The molecular weight excluding hydrogens is 210 g/mol. The SMILES string of the molecule is Cc1ccc(C=O)c(-c2cccc(C#N)c2)c1. The fourth-order valence-electron chi connectivity index (χ4n) is 1.78. The van der Waals surface area contributed by atoms with Crippen LogP contribution in [0, 0.1) is 18.3 Å². The predicted molar refractivity (Wildman–Crippen MR) is 66.7 cm³/mol. The highest BCUT2D eigenvalue weighted by Gasteiger charge is 2.05. The summed E-state index contributed by atoms with van der Waals surface area (Å²) < 4.78 is 0. The van der Waals surface area contributed by atoms with E-state index in [9.17, 15) is 4.79 Å². The highest BCUT2D eigenvalue weighted by atomic mass is 16.1. The van der Waals surface area contributed by atoms with E-state index in [4.69, 9.17) is 5.26 Å². The molecule has 0 N–H and O–H groups in total. The summed E-state index contributed by atoms with van der Waals surface area (Å²) in [6.07, 6.45) is 0.841. The van der Waals surface area contributed by atoms with E-state index in [1.54, 1.807) is 18.2 Å². The lowest BCUT2D eigenvalue weighted by atomic mass is 9.97. The molecule has 0 aromatic heterocycles. The van der Waals surface area contributed by atoms with E-state index in [1.807, 2.05) is 31.2 Å². The number of nitrogens with zero attached hydrogens (tertiary/aromatic N) is 1. The minimum Gasteiger partial charge on any atom is -0.298 e. The van der Waals surface area contributed by atoms with Crippen molar-refractivity contribution in [3.63, 3.8) is 0 Å². The molecule has 0 aliphatic heterocycles. The number of hydrogen-bond donors (Lipinski definition) is 0. The zero-order chi connectivity index (χ0) is 12.3. The van der Waals surface area contributed by atoms with Gasteiger partial charge in [0.05, 0.1) is 11.6 Å². The summed E-state index contributed by atoms with van der Waals surface area (Å²) in [5, 5.41) is 8.87. The molecule has 2 heteroatoms. The molecule has 0 heterocycles. The summed E-state index contributed by atoms with van der Waals surface area (Å²) in [6, 6.07) is 15.0. The Labute approximate surface area is 100 Å². The first-order chi connectivity index (χ1) is 8.24. The van der Waals surface area contributed by atoms with E-state index in [1.165, 1.54) is 0 Å². The monoisotopic (exact) mass is 221 g/mol. The van der Waals surface area contributed by atoms with Crippen molar-refractivity contribution in [2.45, 2.75) is 6.92 Å². The number of aryl methyl sites for hydroxylation is 1. The molecule has 0 amide bonds. The second kappa shape index (κ2) is 4.63. The van der Waals surface area contributed by atoms with Gasteiger partial charge in [0.2, 0.25) is 0 Å². The van der Waals surface area contributed by atoms with Crippen molar-refractivity contribution in [1.29, 1.82) is 5.26 Å². The molecule has 17 heavy (non-hydrogen) atoms. The van der Waals surface area contributed by atoms with Crippen LogP contribution in [0.2, 0.25) is 0 Å². The zero-order valence-corrected chi connectivity index (χ0v) is 9.47. The Morgan fingerprint density at radius 3 is 2.71 bits per heavy atom. The largest absolute Gasteiger partial charge is 0.298 e. The Morgan fingerprint density at radius 1 is 1.18 bits per heavy atom. The lowest BCUT2D eigenvalue weighted by Gasteiger charge is -2.06. The quantitative estimate of drug-likeness (QED) is 0.730. The molecule has 0 atom stereocenters. The molecule has 82 valence electrons. The molecule has 2 aromatic rings. The first-order valence-corrected chi connectivity index (χ1v) is 5.31. The molecule has 0 fully saturated rings. The van der Waals surface area contributed by atoms with Gasteiger partial charge in [-0.05, 0) is 30.2 Å². The summed E-state index contributed by atoms with van der Waals surface area (Å²) >= 11 is 0. The van der Waals surface area contributed by atoms with Gasteiger partial charge in [-0.15, -0.1) is 0 Å². The van der Waals surface area contributed by atoms with Gasteiger partial charge >= 0.3 is 0 Å². The highest BCUT2D eigenvalue weighted by Crippen LogP contribution is 2.24. The molecule has 0 spiro atoms. The first kappa shape index (κ1) is 11.1. The van der Waals surface area contributed by atoms with E-state index in [2.05, 4.69) is 6.07 Å². The summed E-state index contributed by atoms with van der Waals surface area (Å²) in [5.41, 5.74) is 4.10. The zero-order valence-electron chi connectivity index (χ0n) is 9.47. The molecule has 2 aromatic carbocycles. The fraction of sp³-hybridized carbons (Fsp3) is 0.0667. The molecule has 0 radical (unpaired) electrons. The topological polar surface area (TPSA) is 40.9 Å². The van der Waals surface area contributed by atoms with Gasteiger partial charge in [0, 0.05) is 5.56 Å². The summed E-state index contributed by atoms with van der Waals surface area (Å²) in [4.78, 5) is 11.0. The normalized spacial score (nSPS) is 9.65. The number of aldehydes is 1. The Hall–Kier alpha value is -2.40. The van der Waals surface area contributed by atoms with Crippen molar-refractivity contribution >= 4 is 6.29 Å². The molecular formula is C15H11NO. The number of hydrogen-bond acceptors (Lipinski definition) is 2. The van der Waals surface area contributed by atoms with E-state index in [-0.39, 0.29) is 0 Å². The molecule has 2 rings (SSSR count). The molecule has 0 saturated heterocycles. The summed E-state index contributed by atoms with van der Waals surface area (Å²) in [5.74, 6) is 0. The van der Waals surface area contributed by atoms with E-state index in [0.29, 0.717) is 11.1 Å². The average molecular weight is 221 g/mol. The van der Waals surface area contributed by atoms with Crippen LogP contribution in [-0.2, 0) is 0 Å². The van der Waals surface area contributed by atoms with Crippen LogP contribution in [-0.4, -0.2) is 6.29 Å². The number of carbonyl (C=O) groups excluding carboxylic acids is 1. The fourth-order valence-corrected chi connectivity index (χ4v) is 1.78. The van der Waals surface area contributed by atoms with Crippen LogP contribution in [0.25, 0.3) is 11.1 Å². The Bertz CT molecular complexity index is 609. The van der Waals surface area contributed by atoms with Gasteiger partial charge in [0.1, 0.15) is 0 Å². The van der Waals surface area contributed by atoms with Crippen molar-refractivity contribution in [2.24, 2.45) is 0 Å². The maximum atomic E-state index is 11.0. The summed E-state index contributed by atoms with van der Waals surface area (Å²) in [6.45, 7) is 1.98. The number of rotatable bonds is 2. The van der Waals surface area contributed by atoms with Gasteiger partial charge in [0.15, 0.2) is 6.29 Å². The third-order valence-corrected chi connectivity index (χ3v) is 2.64. The van der Waals surface area contributed by atoms with Crippen molar-refractivity contribution in [3.05, 3.63) is 59.2 Å². The van der Waals surface area contributed by atoms with E-state index < -0.39 is 0 Å². The second-order valence-corrected chi connectivity index (χ2v) is 3.90. The molecule has 0 bridgehead atoms. The van der Waals surface area contributed by atoms with Gasteiger partial charge in [0.25, 0.3) is 0 Å². The third kappa shape index (κ3) is 2.24. The number of nitriles is 1. The van der Waals surface area contributed by atoms with Crippen molar-refractivity contribution in [1.82, 2.24) is 0 Å². The number of carbonyl (C=O) groups is 1. The molecule has 0 aliphatic carbocycles. The van der Waals surface area contributed by atoms with Gasteiger partial charge in [-0.1, -0.05) is 35.9 Å². The Balaban J connectivity index is 2.63. The molecule has 2 nitrogen and oxygen atoms in total. The third-order valence-electron chi connectivity index (χ3n) is 2.64. The van der Waals surface area contributed by atoms with Gasteiger partial charge in [-0.25, -0.2) is 0 Å². The smallest absolute Gasteiger partial charge is 0.150 e. The molecule has 0 unspecified atom stereocenters. The van der Waals surface area contributed by atoms with Gasteiger partial charge in [-0.3, -0.25) is 4.79 Å². The summed E-state index contributed by atoms with van der Waals surface area (Å²) in [7, 11) is 0. The molecule has 0 saturated carbocycles. The van der Waals surface area contributed by atoms with Crippen LogP contribution in [0.3, 0.4) is 0 Å². The number of benzene rings is 2. The van der Waals surface area contributed by atoms with Crippen molar-refractivity contribution < 1.29 is 4.79 Å². The Morgan fingerprint density at radius 2 is 2.00 bits per heavy atom. The average Bonchev–Trinajstić information content (AvgIpc) is 2.39. The van der Waals surface area contributed by atoms with Crippen LogP contribution in [0.15, 0.2) is 42.5 Å². The standard InChI is InChI=1S/C15H11NO/c1-11-5-6-14(10-17)15(7-11)13-4-2-3-12(8-13)9-16/h2-8,10H,1H3. The van der Waals surface area contributed by atoms with E-state index in [0.717, 1.165) is 23.0 Å². The van der Waals surface area contributed by atoms with Crippen LogP contribution in [0.4, 0.5) is 0 Å². The van der Waals surface area contributed by atoms with Crippen LogP contribution in [0.1, 0.15) is 21.5 Å². The van der Waals surface area contributed by atoms with Crippen LogP contribution < -0.4 is 0 Å².